The van der Waals surface area contributed by atoms with Gasteiger partial charge in [0.2, 0.25) is 0 Å². The minimum Gasteiger partial charge on any atom is -0.497 e. The van der Waals surface area contributed by atoms with Gasteiger partial charge in [-0.2, -0.15) is 0 Å². The number of carbonyl (C=O) groups is 1. The maximum absolute atomic E-state index is 14.1. The number of halogens is 2. The van der Waals surface area contributed by atoms with Crippen LogP contribution in [0.5, 0.6) is 11.5 Å². The Morgan fingerprint density at radius 1 is 0.815 bits per heavy atom. The predicted molar refractivity (Wildman–Crippen MR) is 98.8 cm³/mol. The molecule has 0 unspecified atom stereocenters. The van der Waals surface area contributed by atoms with E-state index in [9.17, 15) is 13.6 Å². The van der Waals surface area contributed by atoms with E-state index in [1.54, 1.807) is 24.3 Å². The first-order chi connectivity index (χ1) is 13.0. The van der Waals surface area contributed by atoms with Crippen LogP contribution in [0, 0.1) is 11.6 Å². The molecule has 0 aromatic heterocycles. The molecular formula is C21H17F2NO3. The molecule has 0 radical (unpaired) electrons. The lowest BCUT2D eigenvalue weighted by atomic mass is 10.1. The first-order valence-electron chi connectivity index (χ1n) is 8.11. The molecule has 0 atom stereocenters. The normalized spacial score (nSPS) is 10.4. The highest BCUT2D eigenvalue weighted by Gasteiger charge is 2.21. The average molecular weight is 369 g/mol. The summed E-state index contributed by atoms with van der Waals surface area (Å²) in [6.45, 7) is 0. The van der Waals surface area contributed by atoms with Gasteiger partial charge in [0.05, 0.1) is 14.2 Å². The zero-order valence-electron chi connectivity index (χ0n) is 14.8. The maximum Gasteiger partial charge on any atom is 0.262 e. The van der Waals surface area contributed by atoms with Crippen LogP contribution in [0.3, 0.4) is 0 Å². The summed E-state index contributed by atoms with van der Waals surface area (Å²) in [6.07, 6.45) is 0. The molecule has 0 saturated carbocycles. The Morgan fingerprint density at radius 3 is 1.93 bits per heavy atom. The Kier molecular flexibility index (Phi) is 5.35. The number of carbonyl (C=O) groups excluding carboxylic acids is 1. The summed E-state index contributed by atoms with van der Waals surface area (Å²) in [7, 11) is 2.89. The highest BCUT2D eigenvalue weighted by Crippen LogP contribution is 2.30. The Bertz CT molecular complexity index is 941. The number of nitrogens with zero attached hydrogens (tertiary/aromatic N) is 1. The lowest BCUT2D eigenvalue weighted by Gasteiger charge is -2.23. The van der Waals surface area contributed by atoms with E-state index in [4.69, 9.17) is 9.47 Å². The average Bonchev–Trinajstić information content (AvgIpc) is 2.70. The third kappa shape index (κ3) is 3.89. The van der Waals surface area contributed by atoms with Crippen molar-refractivity contribution in [1.82, 2.24) is 0 Å². The zero-order valence-corrected chi connectivity index (χ0v) is 14.8. The molecule has 138 valence electrons. The second-order valence-corrected chi connectivity index (χ2v) is 5.66. The Hall–Kier alpha value is -3.41. The van der Waals surface area contributed by atoms with Gasteiger partial charge >= 0.3 is 0 Å². The van der Waals surface area contributed by atoms with E-state index < -0.39 is 17.5 Å². The molecule has 3 aromatic rings. The Labute approximate surface area is 155 Å². The fourth-order valence-corrected chi connectivity index (χ4v) is 2.63. The highest BCUT2D eigenvalue weighted by molar-refractivity contribution is 6.11. The molecule has 0 aliphatic rings. The van der Waals surface area contributed by atoms with Crippen LogP contribution >= 0.6 is 0 Å². The third-order valence-electron chi connectivity index (χ3n) is 4.02. The molecule has 0 aliphatic carbocycles. The van der Waals surface area contributed by atoms with E-state index in [2.05, 4.69) is 0 Å². The number of benzene rings is 3. The number of ether oxygens (including phenoxy) is 2. The molecule has 27 heavy (non-hydrogen) atoms. The van der Waals surface area contributed by atoms with Crippen molar-refractivity contribution < 1.29 is 23.0 Å². The summed E-state index contributed by atoms with van der Waals surface area (Å²) >= 11 is 0. The van der Waals surface area contributed by atoms with Crippen LogP contribution in [0.2, 0.25) is 0 Å². The smallest absolute Gasteiger partial charge is 0.262 e. The molecule has 0 fully saturated rings. The summed E-state index contributed by atoms with van der Waals surface area (Å²) in [4.78, 5) is 14.5. The SMILES string of the molecule is COc1ccc(N(C(=O)c2ccc(OC)c(F)c2)c2ccc(F)cc2)cc1. The zero-order chi connectivity index (χ0) is 19.4. The van der Waals surface area contributed by atoms with Crippen LogP contribution in [0.15, 0.2) is 66.7 Å². The lowest BCUT2D eigenvalue weighted by molar-refractivity contribution is 0.0998. The van der Waals surface area contributed by atoms with Gasteiger partial charge in [-0.15, -0.1) is 0 Å². The van der Waals surface area contributed by atoms with Crippen molar-refractivity contribution in [2.24, 2.45) is 0 Å². The molecule has 0 heterocycles. The Morgan fingerprint density at radius 2 is 1.41 bits per heavy atom. The van der Waals surface area contributed by atoms with Gasteiger partial charge < -0.3 is 9.47 Å². The quantitative estimate of drug-likeness (QED) is 0.638. The Balaban J connectivity index is 2.06. The largest absolute Gasteiger partial charge is 0.497 e. The molecule has 3 aromatic carbocycles. The van der Waals surface area contributed by atoms with Crippen LogP contribution in [0.4, 0.5) is 20.2 Å². The van der Waals surface area contributed by atoms with E-state index in [0.29, 0.717) is 17.1 Å². The maximum atomic E-state index is 14.1. The molecule has 1 amide bonds. The molecule has 6 heteroatoms. The second-order valence-electron chi connectivity index (χ2n) is 5.66. The van der Waals surface area contributed by atoms with Crippen molar-refractivity contribution >= 4 is 17.3 Å². The first-order valence-corrected chi connectivity index (χ1v) is 8.11. The second kappa shape index (κ2) is 7.86. The summed E-state index contributed by atoms with van der Waals surface area (Å²) < 4.78 is 37.4. The minimum absolute atomic E-state index is 0.0457. The number of amides is 1. The molecule has 4 nitrogen and oxygen atoms in total. The lowest BCUT2D eigenvalue weighted by Crippen LogP contribution is -2.26. The minimum atomic E-state index is -0.642. The number of hydrogen-bond acceptors (Lipinski definition) is 3. The number of methoxy groups -OCH3 is 2. The molecule has 0 bridgehead atoms. The van der Waals surface area contributed by atoms with Crippen LogP contribution in [-0.4, -0.2) is 20.1 Å². The van der Waals surface area contributed by atoms with Crippen molar-refractivity contribution in [1.29, 1.82) is 0 Å². The van der Waals surface area contributed by atoms with E-state index >= 15 is 0 Å². The fraction of sp³-hybridized carbons (Fsp3) is 0.0952. The van der Waals surface area contributed by atoms with E-state index in [-0.39, 0.29) is 11.3 Å². The van der Waals surface area contributed by atoms with Gasteiger partial charge in [0.25, 0.3) is 5.91 Å². The van der Waals surface area contributed by atoms with Crippen LogP contribution < -0.4 is 14.4 Å². The van der Waals surface area contributed by atoms with Gasteiger partial charge in [0.1, 0.15) is 11.6 Å². The van der Waals surface area contributed by atoms with Crippen molar-refractivity contribution in [2.45, 2.75) is 0 Å². The number of hydrogen-bond donors (Lipinski definition) is 0. The molecule has 3 rings (SSSR count). The van der Waals surface area contributed by atoms with Gasteiger partial charge in [0, 0.05) is 16.9 Å². The highest BCUT2D eigenvalue weighted by atomic mass is 19.1. The standard InChI is InChI=1S/C21H17F2NO3/c1-26-18-10-8-17(9-11-18)24(16-6-4-15(22)5-7-16)21(25)14-3-12-20(27-2)19(23)13-14/h3-13H,1-2H3. The van der Waals surface area contributed by atoms with Crippen LogP contribution in [-0.2, 0) is 0 Å². The van der Waals surface area contributed by atoms with Crippen molar-refractivity contribution in [3.63, 3.8) is 0 Å². The summed E-state index contributed by atoms with van der Waals surface area (Å²) in [5, 5.41) is 0. The topological polar surface area (TPSA) is 38.8 Å². The summed E-state index contributed by atoms with van der Waals surface area (Å²) in [5.74, 6) is -0.855. The summed E-state index contributed by atoms with van der Waals surface area (Å²) in [5.41, 5.74) is 1.11. The monoisotopic (exact) mass is 369 g/mol. The van der Waals surface area contributed by atoms with Crippen LogP contribution in [0.1, 0.15) is 10.4 Å². The van der Waals surface area contributed by atoms with Gasteiger partial charge in [-0.25, -0.2) is 8.78 Å². The van der Waals surface area contributed by atoms with Gasteiger partial charge in [-0.3, -0.25) is 9.69 Å². The van der Waals surface area contributed by atoms with E-state index in [1.165, 1.54) is 55.5 Å². The predicted octanol–water partition coefficient (Wildman–Crippen LogP) is 4.96. The fourth-order valence-electron chi connectivity index (χ4n) is 2.63. The molecule has 0 saturated heterocycles. The number of rotatable bonds is 5. The van der Waals surface area contributed by atoms with Crippen molar-refractivity contribution in [2.75, 3.05) is 19.1 Å². The summed E-state index contributed by atoms with van der Waals surface area (Å²) in [6, 6.07) is 16.3. The van der Waals surface area contributed by atoms with Gasteiger partial charge in [-0.1, -0.05) is 0 Å². The third-order valence-corrected chi connectivity index (χ3v) is 4.02. The first kappa shape index (κ1) is 18.4. The van der Waals surface area contributed by atoms with Crippen molar-refractivity contribution in [3.8, 4) is 11.5 Å². The van der Waals surface area contributed by atoms with Gasteiger partial charge in [-0.05, 0) is 66.7 Å². The molecule has 0 spiro atoms. The molecule has 0 N–H and O–H groups in total. The van der Waals surface area contributed by atoms with Crippen LogP contribution in [0.25, 0.3) is 0 Å². The van der Waals surface area contributed by atoms with Gasteiger partial charge in [0.15, 0.2) is 11.6 Å². The molecular weight excluding hydrogens is 352 g/mol. The van der Waals surface area contributed by atoms with Crippen molar-refractivity contribution in [3.05, 3.63) is 83.9 Å². The van der Waals surface area contributed by atoms with E-state index in [1.807, 2.05) is 0 Å². The molecule has 0 aliphatic heterocycles. The number of anilines is 2. The van der Waals surface area contributed by atoms with E-state index in [0.717, 1.165) is 6.07 Å².